The summed E-state index contributed by atoms with van der Waals surface area (Å²) in [6.07, 6.45) is 12.5. The van der Waals surface area contributed by atoms with Crippen molar-refractivity contribution in [3.63, 3.8) is 0 Å². The van der Waals surface area contributed by atoms with E-state index in [9.17, 15) is 0 Å². The summed E-state index contributed by atoms with van der Waals surface area (Å²) in [5.41, 5.74) is 0. The van der Waals surface area contributed by atoms with Gasteiger partial charge in [-0.05, 0) is 24.4 Å². The second-order valence-corrected chi connectivity index (χ2v) is 22.2. The van der Waals surface area contributed by atoms with Crippen molar-refractivity contribution in [3.05, 3.63) is 0 Å². The van der Waals surface area contributed by atoms with Gasteiger partial charge in [0.2, 0.25) is 0 Å². The van der Waals surface area contributed by atoms with Crippen LogP contribution in [0.2, 0.25) is 0 Å². The van der Waals surface area contributed by atoms with Gasteiger partial charge in [0, 0.05) is 0 Å². The van der Waals surface area contributed by atoms with Crippen LogP contribution in [0.25, 0.3) is 0 Å². The summed E-state index contributed by atoms with van der Waals surface area (Å²) in [6, 6.07) is 0. The first-order valence-electron chi connectivity index (χ1n) is 6.76. The molecule has 116 valence electrons. The van der Waals surface area contributed by atoms with Crippen LogP contribution in [0.1, 0.15) is 78.6 Å². The zero-order chi connectivity index (χ0) is 13.6. The van der Waals surface area contributed by atoms with Gasteiger partial charge in [0.15, 0.2) is 0 Å². The first-order chi connectivity index (χ1) is 8.10. The molecule has 0 aromatic rings. The molecule has 3 N–H and O–H groups in total. The van der Waals surface area contributed by atoms with E-state index in [0.29, 0.717) is 18.4 Å². The maximum atomic E-state index is 3.17. The van der Waals surface area contributed by atoms with Gasteiger partial charge in [0.25, 0.3) is 0 Å². The van der Waals surface area contributed by atoms with E-state index in [1.165, 1.54) is 57.8 Å². The predicted octanol–water partition coefficient (Wildman–Crippen LogP) is 4.11. The minimum atomic E-state index is 0. The quantitative estimate of drug-likeness (QED) is 0.309. The summed E-state index contributed by atoms with van der Waals surface area (Å²) in [5.74, 6) is 0. The van der Waals surface area contributed by atoms with Crippen LogP contribution in [0.3, 0.4) is 0 Å². The van der Waals surface area contributed by atoms with Gasteiger partial charge < -0.3 is 6.15 Å². The molecule has 5 heteroatoms. The standard InChI is InChI=1S/C13H29P.I3.H3N/c1-4-7-10-13(14,11-8-5-2)12-9-6-3;1-3-2;/h4-12,14H2,1-3H3;;1H3/q;-1;. The Morgan fingerprint density at radius 3 is 1.22 bits per heavy atom. The molecule has 0 aromatic heterocycles. The zero-order valence-electron chi connectivity index (χ0n) is 12.3. The van der Waals surface area contributed by atoms with Crippen LogP contribution in [0.4, 0.5) is 0 Å². The fraction of sp³-hybridized carbons (Fsp3) is 1.00. The van der Waals surface area contributed by atoms with Gasteiger partial charge in [-0.2, -0.15) is 0 Å². The van der Waals surface area contributed by atoms with Crippen LogP contribution < -0.4 is 19.4 Å². The van der Waals surface area contributed by atoms with E-state index in [1.807, 2.05) is 0 Å². The van der Waals surface area contributed by atoms with Gasteiger partial charge in [-0.3, -0.25) is 0 Å². The Morgan fingerprint density at radius 2 is 1.06 bits per heavy atom. The summed E-state index contributed by atoms with van der Waals surface area (Å²) in [4.78, 5) is 0. The Bertz CT molecular complexity index is 126. The smallest absolute Gasteiger partial charge is 0.344 e. The maximum Gasteiger partial charge on any atom is -0.344 e. The van der Waals surface area contributed by atoms with Crippen molar-refractivity contribution < 1.29 is 13.3 Å². The van der Waals surface area contributed by atoms with Crippen LogP contribution in [0.5, 0.6) is 0 Å². The van der Waals surface area contributed by atoms with E-state index in [1.54, 1.807) is 0 Å². The van der Waals surface area contributed by atoms with E-state index in [4.69, 9.17) is 0 Å². The number of hydrogen-bond donors (Lipinski definition) is 1. The van der Waals surface area contributed by atoms with Gasteiger partial charge in [-0.25, -0.2) is 0 Å². The molecule has 0 rings (SSSR count). The fourth-order valence-electron chi connectivity index (χ4n) is 1.96. The third-order valence-corrected chi connectivity index (χ3v) is 3.95. The molecule has 0 heterocycles. The Hall–Kier alpha value is 2.58. The first kappa shape index (κ1) is 25.5. The Kier molecular flexibility index (Phi) is 27.8. The SMILES string of the molecule is CCCCC(P)(CCCC)CCCC.I[I-]I.N. The van der Waals surface area contributed by atoms with Gasteiger partial charge in [-0.15, -0.1) is 9.24 Å². The van der Waals surface area contributed by atoms with Gasteiger partial charge >= 0.3 is 50.5 Å². The second-order valence-electron chi connectivity index (χ2n) is 4.73. The zero-order valence-corrected chi connectivity index (χ0v) is 19.9. The van der Waals surface area contributed by atoms with Crippen LogP contribution >= 0.6 is 46.5 Å². The summed E-state index contributed by atoms with van der Waals surface area (Å²) in [6.45, 7) is 6.89. The summed E-state index contributed by atoms with van der Waals surface area (Å²) >= 11 is 5.30. The third kappa shape index (κ3) is 18.6. The molecule has 0 fully saturated rings. The van der Waals surface area contributed by atoms with Crippen molar-refractivity contribution in [1.82, 2.24) is 6.15 Å². The van der Waals surface area contributed by atoms with E-state index >= 15 is 0 Å². The molecule has 1 unspecified atom stereocenters. The summed E-state index contributed by atoms with van der Waals surface area (Å²) < 4.78 is 0. The van der Waals surface area contributed by atoms with Crippen LogP contribution in [-0.4, -0.2) is 5.16 Å². The molecule has 1 atom stereocenters. The topological polar surface area (TPSA) is 35.0 Å². The van der Waals surface area contributed by atoms with E-state index in [2.05, 4.69) is 67.2 Å². The third-order valence-electron chi connectivity index (χ3n) is 3.08. The van der Waals surface area contributed by atoms with Crippen molar-refractivity contribution in [2.45, 2.75) is 83.7 Å². The molecule has 0 saturated carbocycles. The van der Waals surface area contributed by atoms with Crippen molar-refractivity contribution >= 4 is 46.5 Å². The van der Waals surface area contributed by atoms with Gasteiger partial charge in [0.1, 0.15) is 0 Å². The van der Waals surface area contributed by atoms with Crippen LogP contribution in [-0.2, 0) is 0 Å². The van der Waals surface area contributed by atoms with Crippen molar-refractivity contribution in [3.8, 4) is 0 Å². The van der Waals surface area contributed by atoms with E-state index in [-0.39, 0.29) is 6.15 Å². The van der Waals surface area contributed by atoms with Gasteiger partial charge in [0.05, 0.1) is 0 Å². The average molecular weight is 614 g/mol. The molecule has 0 aliphatic carbocycles. The van der Waals surface area contributed by atoms with E-state index < -0.39 is 0 Å². The Balaban J connectivity index is -0.000000507. The monoisotopic (exact) mass is 614 g/mol. The first-order valence-corrected chi connectivity index (χ1v) is 19.9. The minimum absolute atomic E-state index is 0. The average Bonchev–Trinajstić information content (AvgIpc) is 2.33. The Morgan fingerprint density at radius 1 is 0.833 bits per heavy atom. The molecule has 0 aliphatic heterocycles. The van der Waals surface area contributed by atoms with Crippen molar-refractivity contribution in [2.75, 3.05) is 0 Å². The second kappa shape index (κ2) is 19.6. The van der Waals surface area contributed by atoms with Crippen LogP contribution in [0, 0.1) is 0 Å². The molecule has 0 aliphatic rings. The Labute approximate surface area is 148 Å². The molecule has 0 amide bonds. The molecule has 0 aromatic carbocycles. The molecular formula is C13H32I3NP-. The predicted molar refractivity (Wildman–Crippen MR) is 104 cm³/mol. The molecule has 1 nitrogen and oxygen atoms in total. The number of unbranched alkanes of at least 4 members (excludes halogenated alkanes) is 3. The number of rotatable bonds is 9. The maximum absolute atomic E-state index is 3.17. The fourth-order valence-corrected chi connectivity index (χ4v) is 2.57. The molecule has 18 heavy (non-hydrogen) atoms. The molecule has 0 spiro atoms. The molecule has 0 radical (unpaired) electrons. The van der Waals surface area contributed by atoms with E-state index in [0.717, 1.165) is 0 Å². The molecular weight excluding hydrogens is 582 g/mol. The number of halogens is 3. The summed E-state index contributed by atoms with van der Waals surface area (Å²) in [5, 5.41) is 0.571. The molecule has 0 saturated heterocycles. The van der Waals surface area contributed by atoms with Crippen molar-refractivity contribution in [1.29, 1.82) is 0 Å². The minimum Gasteiger partial charge on any atom is -0.344 e. The normalized spacial score (nSPS) is 10.6. The van der Waals surface area contributed by atoms with Crippen LogP contribution in [0.15, 0.2) is 0 Å². The summed E-state index contributed by atoms with van der Waals surface area (Å²) in [7, 11) is 3.17. The molecule has 0 bridgehead atoms. The van der Waals surface area contributed by atoms with Gasteiger partial charge in [-0.1, -0.05) is 59.3 Å². The largest absolute Gasteiger partial charge is 0.344 e. The van der Waals surface area contributed by atoms with Crippen molar-refractivity contribution in [2.24, 2.45) is 0 Å². The number of hydrogen-bond acceptors (Lipinski definition) is 1.